The number of anilines is 1. The zero-order valence-electron chi connectivity index (χ0n) is 11.0. The fraction of sp³-hybridized carbons (Fsp3) is 0.636. The minimum Gasteiger partial charge on any atom is -0.406 e. The van der Waals surface area contributed by atoms with Crippen molar-refractivity contribution in [2.75, 3.05) is 24.5 Å². The zero-order valence-corrected chi connectivity index (χ0v) is 11.0. The summed E-state index contributed by atoms with van der Waals surface area (Å²) >= 11 is 0. The van der Waals surface area contributed by atoms with Gasteiger partial charge in [-0.15, -0.1) is 5.10 Å². The van der Waals surface area contributed by atoms with Crippen LogP contribution in [0.5, 0.6) is 0 Å². The van der Waals surface area contributed by atoms with Crippen LogP contribution in [0.15, 0.2) is 4.42 Å². The van der Waals surface area contributed by atoms with Crippen molar-refractivity contribution in [2.24, 2.45) is 0 Å². The van der Waals surface area contributed by atoms with Gasteiger partial charge in [-0.2, -0.15) is 0 Å². The van der Waals surface area contributed by atoms with Gasteiger partial charge in [-0.1, -0.05) is 12.0 Å². The molecule has 2 heterocycles. The van der Waals surface area contributed by atoms with Crippen molar-refractivity contribution < 1.29 is 14.0 Å². The molecule has 1 aromatic rings. The van der Waals surface area contributed by atoms with Crippen LogP contribution in [0.25, 0.3) is 0 Å². The van der Waals surface area contributed by atoms with Gasteiger partial charge in [0.15, 0.2) is 0 Å². The van der Waals surface area contributed by atoms with E-state index in [1.165, 1.54) is 4.90 Å². The maximum atomic E-state index is 11.3. The second kappa shape index (κ2) is 5.79. The Kier molecular flexibility index (Phi) is 4.10. The second-order valence-electron chi connectivity index (χ2n) is 4.43. The number of carbonyl (C=O) groups excluding carboxylic acids is 2. The molecule has 2 rings (SSSR count). The van der Waals surface area contributed by atoms with Crippen LogP contribution < -0.4 is 15.5 Å². The summed E-state index contributed by atoms with van der Waals surface area (Å²) in [6, 6.07) is 0.138. The van der Waals surface area contributed by atoms with Crippen LogP contribution >= 0.6 is 0 Å². The normalized spacial score (nSPS) is 17.5. The van der Waals surface area contributed by atoms with Gasteiger partial charge in [-0.05, 0) is 19.9 Å². The van der Waals surface area contributed by atoms with Crippen molar-refractivity contribution in [1.29, 1.82) is 0 Å². The Morgan fingerprint density at radius 1 is 1.37 bits per heavy atom. The lowest BCUT2D eigenvalue weighted by Crippen LogP contribution is -2.51. The Morgan fingerprint density at radius 3 is 2.68 bits per heavy atom. The molecule has 19 heavy (non-hydrogen) atoms. The average molecular weight is 267 g/mol. The topological polar surface area (TPSA) is 100 Å². The van der Waals surface area contributed by atoms with E-state index < -0.39 is 0 Å². The number of hydrogen-bond acceptors (Lipinski definition) is 7. The summed E-state index contributed by atoms with van der Waals surface area (Å²) in [6.07, 6.45) is 1.01. The molecule has 2 N–H and O–H groups in total. The summed E-state index contributed by atoms with van der Waals surface area (Å²) in [7, 11) is 0. The molecule has 1 aromatic heterocycles. The molecule has 104 valence electrons. The number of imide groups is 1. The first-order valence-electron chi connectivity index (χ1n) is 6.24. The number of piperazine rings is 1. The van der Waals surface area contributed by atoms with Crippen molar-refractivity contribution in [1.82, 2.24) is 20.8 Å². The quantitative estimate of drug-likeness (QED) is 0.699. The molecule has 0 bridgehead atoms. The van der Waals surface area contributed by atoms with E-state index in [1.54, 1.807) is 0 Å². The minimum atomic E-state index is -0.367. The molecular weight excluding hydrogens is 250 g/mol. The second-order valence-corrected chi connectivity index (χ2v) is 4.43. The first kappa shape index (κ1) is 13.5. The van der Waals surface area contributed by atoms with Crippen LogP contribution in [0.1, 0.15) is 32.2 Å². The first-order valence-corrected chi connectivity index (χ1v) is 6.24. The smallest absolute Gasteiger partial charge is 0.319 e. The van der Waals surface area contributed by atoms with Gasteiger partial charge in [-0.3, -0.25) is 14.9 Å². The lowest BCUT2D eigenvalue weighted by Gasteiger charge is -2.23. The highest BCUT2D eigenvalue weighted by atomic mass is 16.4. The van der Waals surface area contributed by atoms with Gasteiger partial charge in [0.05, 0.1) is 6.04 Å². The molecule has 1 aliphatic rings. The third-order valence-electron chi connectivity index (χ3n) is 2.72. The van der Waals surface area contributed by atoms with E-state index in [4.69, 9.17) is 4.42 Å². The number of nitrogens with zero attached hydrogens (tertiary/aromatic N) is 3. The summed E-state index contributed by atoms with van der Waals surface area (Å²) in [5, 5.41) is 13.2. The fourth-order valence-corrected chi connectivity index (χ4v) is 1.75. The monoisotopic (exact) mass is 267 g/mol. The molecule has 8 heteroatoms. The average Bonchev–Trinajstić information content (AvgIpc) is 2.84. The van der Waals surface area contributed by atoms with Crippen LogP contribution in [0.4, 0.5) is 6.01 Å². The third-order valence-corrected chi connectivity index (χ3v) is 2.72. The maximum absolute atomic E-state index is 11.3. The largest absolute Gasteiger partial charge is 0.406 e. The van der Waals surface area contributed by atoms with Crippen LogP contribution in [0, 0.1) is 0 Å². The van der Waals surface area contributed by atoms with Crippen LogP contribution in [-0.2, 0) is 9.59 Å². The molecule has 1 fully saturated rings. The highest BCUT2D eigenvalue weighted by Crippen LogP contribution is 2.17. The van der Waals surface area contributed by atoms with Crippen molar-refractivity contribution >= 4 is 17.8 Å². The molecule has 2 amide bonds. The van der Waals surface area contributed by atoms with E-state index in [9.17, 15) is 9.59 Å². The van der Waals surface area contributed by atoms with Crippen LogP contribution in [-0.4, -0.2) is 41.6 Å². The third kappa shape index (κ3) is 3.28. The van der Waals surface area contributed by atoms with Gasteiger partial charge in [-0.25, -0.2) is 0 Å². The number of aromatic nitrogens is 2. The van der Waals surface area contributed by atoms with Gasteiger partial charge >= 0.3 is 6.01 Å². The molecule has 0 aromatic carbocycles. The molecule has 0 aliphatic carbocycles. The minimum absolute atomic E-state index is 0.0458. The Hall–Kier alpha value is -1.96. The summed E-state index contributed by atoms with van der Waals surface area (Å²) in [5.74, 6) is -0.289. The van der Waals surface area contributed by atoms with Crippen LogP contribution in [0.3, 0.4) is 0 Å². The van der Waals surface area contributed by atoms with E-state index in [2.05, 4.69) is 27.8 Å². The lowest BCUT2D eigenvalue weighted by molar-refractivity contribution is -0.130. The Bertz CT molecular complexity index is 457. The van der Waals surface area contributed by atoms with E-state index in [0.717, 1.165) is 13.0 Å². The van der Waals surface area contributed by atoms with Gasteiger partial charge in [0.25, 0.3) is 0 Å². The SMILES string of the molecule is CCCNC(C)c1nnc(N2CC(=O)NC(=O)C2)o1. The zero-order chi connectivity index (χ0) is 13.8. The van der Waals surface area contributed by atoms with E-state index >= 15 is 0 Å². The van der Waals surface area contributed by atoms with Gasteiger partial charge in [0.2, 0.25) is 17.7 Å². The molecule has 0 spiro atoms. The molecule has 1 atom stereocenters. The Labute approximate surface area is 110 Å². The van der Waals surface area contributed by atoms with E-state index in [-0.39, 0.29) is 37.0 Å². The molecule has 0 radical (unpaired) electrons. The highest BCUT2D eigenvalue weighted by Gasteiger charge is 2.27. The van der Waals surface area contributed by atoms with Gasteiger partial charge in [0, 0.05) is 0 Å². The van der Waals surface area contributed by atoms with Crippen molar-refractivity contribution in [3.05, 3.63) is 5.89 Å². The molecule has 1 aliphatic heterocycles. The molecule has 8 nitrogen and oxygen atoms in total. The highest BCUT2D eigenvalue weighted by molar-refractivity contribution is 6.02. The Morgan fingerprint density at radius 2 is 2.05 bits per heavy atom. The van der Waals surface area contributed by atoms with Crippen LogP contribution in [0.2, 0.25) is 0 Å². The Balaban J connectivity index is 2.03. The number of rotatable bonds is 5. The van der Waals surface area contributed by atoms with Gasteiger partial charge < -0.3 is 14.6 Å². The number of carbonyl (C=O) groups is 2. The summed E-state index contributed by atoms with van der Waals surface area (Å²) in [5.41, 5.74) is 0. The molecule has 0 saturated carbocycles. The predicted molar refractivity (Wildman–Crippen MR) is 66.4 cm³/mol. The summed E-state index contributed by atoms with van der Waals surface area (Å²) in [6.45, 7) is 4.93. The number of amides is 2. The number of hydrogen-bond donors (Lipinski definition) is 2. The molecule has 1 unspecified atom stereocenters. The molecular formula is C11H17N5O3. The standard InChI is InChI=1S/C11H17N5O3/c1-3-4-12-7(2)10-14-15-11(19-10)16-5-8(17)13-9(18)6-16/h7,12H,3-6H2,1-2H3,(H,13,17,18). The lowest BCUT2D eigenvalue weighted by atomic mass is 10.3. The van der Waals surface area contributed by atoms with Gasteiger partial charge in [0.1, 0.15) is 13.1 Å². The predicted octanol–water partition coefficient (Wildman–Crippen LogP) is -0.407. The first-order chi connectivity index (χ1) is 9.10. The molecule has 1 saturated heterocycles. The van der Waals surface area contributed by atoms with Crippen molar-refractivity contribution in [3.8, 4) is 0 Å². The van der Waals surface area contributed by atoms with E-state index in [1.807, 2.05) is 6.92 Å². The summed E-state index contributed by atoms with van der Waals surface area (Å²) < 4.78 is 5.49. The van der Waals surface area contributed by atoms with E-state index in [0.29, 0.717) is 5.89 Å². The number of nitrogens with one attached hydrogen (secondary N) is 2. The maximum Gasteiger partial charge on any atom is 0.319 e. The fourth-order valence-electron chi connectivity index (χ4n) is 1.75. The van der Waals surface area contributed by atoms with Crippen molar-refractivity contribution in [2.45, 2.75) is 26.3 Å². The van der Waals surface area contributed by atoms with Crippen molar-refractivity contribution in [3.63, 3.8) is 0 Å². The summed E-state index contributed by atoms with van der Waals surface area (Å²) in [4.78, 5) is 24.0.